The minimum Gasteiger partial charge on any atom is -0.331 e. The molecule has 0 spiro atoms. The average molecular weight is 472 g/mol. The Kier molecular flexibility index (Phi) is 15.3. The summed E-state index contributed by atoms with van der Waals surface area (Å²) in [6, 6.07) is 10.8. The molecule has 1 heterocycles. The topological polar surface area (TPSA) is 20.3 Å². The van der Waals surface area contributed by atoms with Gasteiger partial charge in [0.15, 0.2) is 0 Å². The Morgan fingerprint density at radius 2 is 1.18 bits per heavy atom. The number of carbonyl (C=O) groups excluding carboxylic acids is 1. The van der Waals surface area contributed by atoms with E-state index in [-0.39, 0.29) is 0 Å². The molecule has 0 radical (unpaired) electrons. The van der Waals surface area contributed by atoms with Crippen molar-refractivity contribution in [2.45, 2.75) is 123 Å². The predicted octanol–water partition coefficient (Wildman–Crippen LogP) is 8.13. The Bertz CT molecular complexity index is 622. The minimum absolute atomic E-state index is 0.392. The molecule has 194 valence electrons. The van der Waals surface area contributed by atoms with Crippen molar-refractivity contribution in [2.75, 3.05) is 32.7 Å². The lowest BCUT2D eigenvalue weighted by Gasteiger charge is -2.44. The summed E-state index contributed by atoms with van der Waals surface area (Å²) < 4.78 is 1.12. The van der Waals surface area contributed by atoms with Crippen LogP contribution in [0.2, 0.25) is 0 Å². The Morgan fingerprint density at radius 1 is 0.706 bits per heavy atom. The van der Waals surface area contributed by atoms with E-state index < -0.39 is 0 Å². The minimum atomic E-state index is 0.392. The first-order chi connectivity index (χ1) is 16.7. The van der Waals surface area contributed by atoms with Crippen LogP contribution < -0.4 is 0 Å². The summed E-state index contributed by atoms with van der Waals surface area (Å²) in [5.41, 5.74) is 1.42. The van der Waals surface area contributed by atoms with Crippen molar-refractivity contribution in [1.82, 2.24) is 4.90 Å². The van der Waals surface area contributed by atoms with Gasteiger partial charge in [0.05, 0.1) is 32.7 Å². The lowest BCUT2D eigenvalue weighted by Crippen LogP contribution is -2.59. The van der Waals surface area contributed by atoms with Gasteiger partial charge in [0.25, 0.3) is 0 Å². The monoisotopic (exact) mass is 471 g/mol. The summed E-state index contributed by atoms with van der Waals surface area (Å²) in [5.74, 6) is 0.392. The fraction of sp³-hybridized carbons (Fsp3) is 0.774. The van der Waals surface area contributed by atoms with Crippen molar-refractivity contribution in [1.29, 1.82) is 0 Å². The highest BCUT2D eigenvalue weighted by molar-refractivity contribution is 5.76. The first-order valence-electron chi connectivity index (χ1n) is 14.9. The molecule has 1 aromatic carbocycles. The number of piperazine rings is 1. The van der Waals surface area contributed by atoms with E-state index in [1.807, 2.05) is 0 Å². The predicted molar refractivity (Wildman–Crippen MR) is 147 cm³/mol. The molecule has 1 saturated heterocycles. The standard InChI is InChI=1S/C31H55N2O/c1-3-5-6-7-8-9-10-11-12-13-14-15-16-17-21-24-31(34)32-25-27-33(4-2,28-26-32)29-30-22-19-18-20-23-30/h18-20,22-23H,3-17,21,24-29H2,1-2H3/q+1. The van der Waals surface area contributed by atoms with Crippen LogP contribution in [0.3, 0.4) is 0 Å². The van der Waals surface area contributed by atoms with Crippen LogP contribution in [0.4, 0.5) is 0 Å². The molecule has 2 rings (SSSR count). The average Bonchev–Trinajstić information content (AvgIpc) is 2.87. The number of rotatable bonds is 19. The number of unbranched alkanes of at least 4 members (excludes halogenated alkanes) is 14. The Hall–Kier alpha value is -1.35. The second-order valence-electron chi connectivity index (χ2n) is 10.8. The zero-order valence-electron chi connectivity index (χ0n) is 22.7. The van der Waals surface area contributed by atoms with Gasteiger partial charge in [0.1, 0.15) is 6.54 Å². The van der Waals surface area contributed by atoms with E-state index >= 15 is 0 Å². The van der Waals surface area contributed by atoms with Gasteiger partial charge in [-0.25, -0.2) is 0 Å². The molecular formula is C31H55N2O+. The summed E-state index contributed by atoms with van der Waals surface area (Å²) in [6.45, 7) is 10.9. The number of hydrogen-bond donors (Lipinski definition) is 0. The van der Waals surface area contributed by atoms with Crippen LogP contribution in [-0.4, -0.2) is 48.0 Å². The molecule has 0 aliphatic carbocycles. The Balaban J connectivity index is 1.43. The zero-order chi connectivity index (χ0) is 24.3. The molecule has 1 aliphatic rings. The van der Waals surface area contributed by atoms with Crippen LogP contribution in [0.5, 0.6) is 0 Å². The van der Waals surface area contributed by atoms with E-state index in [0.717, 1.165) is 56.6 Å². The van der Waals surface area contributed by atoms with Crippen LogP contribution in [0.25, 0.3) is 0 Å². The van der Waals surface area contributed by atoms with Gasteiger partial charge in [-0.3, -0.25) is 4.79 Å². The number of hydrogen-bond acceptors (Lipinski definition) is 1. The molecule has 1 fully saturated rings. The molecule has 0 unspecified atom stereocenters. The van der Waals surface area contributed by atoms with E-state index in [1.165, 1.54) is 95.5 Å². The van der Waals surface area contributed by atoms with Gasteiger partial charge in [-0.15, -0.1) is 0 Å². The summed E-state index contributed by atoms with van der Waals surface area (Å²) in [4.78, 5) is 14.8. The molecule has 1 amide bonds. The molecule has 3 heteroatoms. The third-order valence-corrected chi connectivity index (χ3v) is 8.07. The van der Waals surface area contributed by atoms with Crippen LogP contribution >= 0.6 is 0 Å². The van der Waals surface area contributed by atoms with Crippen molar-refractivity contribution in [3.05, 3.63) is 35.9 Å². The highest BCUT2D eigenvalue weighted by Crippen LogP contribution is 2.20. The summed E-state index contributed by atoms with van der Waals surface area (Å²) in [6.07, 6.45) is 21.3. The van der Waals surface area contributed by atoms with Gasteiger partial charge in [0.2, 0.25) is 5.91 Å². The lowest BCUT2D eigenvalue weighted by atomic mass is 10.0. The zero-order valence-corrected chi connectivity index (χ0v) is 22.7. The molecular weight excluding hydrogens is 416 g/mol. The van der Waals surface area contributed by atoms with E-state index in [0.29, 0.717) is 5.91 Å². The second kappa shape index (κ2) is 18.0. The molecule has 0 atom stereocenters. The van der Waals surface area contributed by atoms with Crippen molar-refractivity contribution < 1.29 is 9.28 Å². The van der Waals surface area contributed by atoms with Crippen LogP contribution in [-0.2, 0) is 11.3 Å². The lowest BCUT2D eigenvalue weighted by molar-refractivity contribution is -0.942. The maximum absolute atomic E-state index is 12.7. The first-order valence-corrected chi connectivity index (χ1v) is 14.9. The van der Waals surface area contributed by atoms with Crippen molar-refractivity contribution in [3.63, 3.8) is 0 Å². The number of carbonyl (C=O) groups is 1. The van der Waals surface area contributed by atoms with Gasteiger partial charge < -0.3 is 9.38 Å². The quantitative estimate of drug-likeness (QED) is 0.147. The number of likely N-dealkylation sites (N-methyl/N-ethyl adjacent to an activating group) is 1. The molecule has 0 saturated carbocycles. The highest BCUT2D eigenvalue weighted by Gasteiger charge is 2.33. The van der Waals surface area contributed by atoms with E-state index in [9.17, 15) is 4.79 Å². The number of quaternary nitrogens is 1. The highest BCUT2D eigenvalue weighted by atomic mass is 16.2. The molecule has 0 N–H and O–H groups in total. The third kappa shape index (κ3) is 11.9. The van der Waals surface area contributed by atoms with E-state index in [1.54, 1.807) is 0 Å². The van der Waals surface area contributed by atoms with Gasteiger partial charge in [-0.2, -0.15) is 0 Å². The summed E-state index contributed by atoms with van der Waals surface area (Å²) in [5, 5.41) is 0. The maximum Gasteiger partial charge on any atom is 0.222 e. The van der Waals surface area contributed by atoms with Gasteiger partial charge >= 0.3 is 0 Å². The molecule has 3 nitrogen and oxygen atoms in total. The van der Waals surface area contributed by atoms with Gasteiger partial charge in [0, 0.05) is 12.0 Å². The normalized spacial score (nSPS) is 15.5. The fourth-order valence-electron chi connectivity index (χ4n) is 5.50. The Morgan fingerprint density at radius 3 is 1.65 bits per heavy atom. The summed E-state index contributed by atoms with van der Waals surface area (Å²) >= 11 is 0. The SMILES string of the molecule is CCCCCCCCCCCCCCCCCC(=O)N1CC[N+](CC)(Cc2ccccc2)CC1. The van der Waals surface area contributed by atoms with Gasteiger partial charge in [-0.1, -0.05) is 127 Å². The van der Waals surface area contributed by atoms with Crippen LogP contribution in [0.15, 0.2) is 30.3 Å². The van der Waals surface area contributed by atoms with Crippen molar-refractivity contribution in [2.24, 2.45) is 0 Å². The smallest absolute Gasteiger partial charge is 0.222 e. The van der Waals surface area contributed by atoms with E-state index in [4.69, 9.17) is 0 Å². The van der Waals surface area contributed by atoms with Crippen molar-refractivity contribution >= 4 is 5.91 Å². The third-order valence-electron chi connectivity index (χ3n) is 8.07. The number of nitrogens with zero attached hydrogens (tertiary/aromatic N) is 2. The molecule has 1 aliphatic heterocycles. The maximum atomic E-state index is 12.7. The van der Waals surface area contributed by atoms with Crippen LogP contribution in [0.1, 0.15) is 122 Å². The van der Waals surface area contributed by atoms with Gasteiger partial charge in [-0.05, 0) is 13.3 Å². The first kappa shape index (κ1) is 28.9. The molecule has 34 heavy (non-hydrogen) atoms. The largest absolute Gasteiger partial charge is 0.331 e. The molecule has 0 bridgehead atoms. The van der Waals surface area contributed by atoms with Crippen molar-refractivity contribution in [3.8, 4) is 0 Å². The summed E-state index contributed by atoms with van der Waals surface area (Å²) in [7, 11) is 0. The van der Waals surface area contributed by atoms with Crippen LogP contribution in [0, 0.1) is 0 Å². The molecule has 0 aromatic heterocycles. The second-order valence-corrected chi connectivity index (χ2v) is 10.8. The Labute approximate surface area is 211 Å². The fourth-order valence-corrected chi connectivity index (χ4v) is 5.50. The number of benzene rings is 1. The van der Waals surface area contributed by atoms with E-state index in [2.05, 4.69) is 49.1 Å². The molecule has 1 aromatic rings. The number of amides is 1.